The van der Waals surface area contributed by atoms with Gasteiger partial charge in [0.25, 0.3) is 0 Å². The zero-order valence-corrected chi connectivity index (χ0v) is 12.2. The van der Waals surface area contributed by atoms with Gasteiger partial charge in [-0.25, -0.2) is 0 Å². The summed E-state index contributed by atoms with van der Waals surface area (Å²) in [7, 11) is 0. The van der Waals surface area contributed by atoms with Crippen molar-refractivity contribution in [3.05, 3.63) is 21.4 Å². The predicted molar refractivity (Wildman–Crippen MR) is 74.3 cm³/mol. The van der Waals surface area contributed by atoms with E-state index < -0.39 is 0 Å². The van der Waals surface area contributed by atoms with Gasteiger partial charge in [-0.1, -0.05) is 13.8 Å². The molecular formula is C14H25NS. The van der Waals surface area contributed by atoms with Crippen LogP contribution in [-0.4, -0.2) is 6.04 Å². The first-order valence-corrected chi connectivity index (χ1v) is 7.04. The lowest BCUT2D eigenvalue weighted by molar-refractivity contribution is 0.406. The molecule has 0 bridgehead atoms. The highest BCUT2D eigenvalue weighted by Gasteiger charge is 2.14. The van der Waals surface area contributed by atoms with Crippen molar-refractivity contribution in [2.45, 2.75) is 60.0 Å². The van der Waals surface area contributed by atoms with Gasteiger partial charge in [0, 0.05) is 21.8 Å². The van der Waals surface area contributed by atoms with Crippen LogP contribution < -0.4 is 5.32 Å². The quantitative estimate of drug-likeness (QED) is 0.800. The Balaban J connectivity index is 2.58. The zero-order chi connectivity index (χ0) is 12.3. The molecule has 2 unspecified atom stereocenters. The number of hydrogen-bond donors (Lipinski definition) is 1. The van der Waals surface area contributed by atoms with Crippen LogP contribution in [0, 0.1) is 19.8 Å². The molecule has 0 aromatic carbocycles. The maximum Gasteiger partial charge on any atom is 0.0305 e. The van der Waals surface area contributed by atoms with E-state index in [1.807, 2.05) is 11.3 Å². The summed E-state index contributed by atoms with van der Waals surface area (Å²) >= 11 is 1.90. The number of aryl methyl sites for hydroxylation is 2. The molecule has 92 valence electrons. The van der Waals surface area contributed by atoms with E-state index in [9.17, 15) is 0 Å². The van der Waals surface area contributed by atoms with Gasteiger partial charge in [0.2, 0.25) is 0 Å². The molecule has 0 saturated heterocycles. The number of rotatable bonds is 5. The molecular weight excluding hydrogens is 214 g/mol. The van der Waals surface area contributed by atoms with Crippen LogP contribution in [0.25, 0.3) is 0 Å². The molecule has 1 aromatic rings. The largest absolute Gasteiger partial charge is 0.308 e. The number of hydrogen-bond acceptors (Lipinski definition) is 2. The highest BCUT2D eigenvalue weighted by atomic mass is 32.1. The Labute approximate surface area is 104 Å². The molecule has 0 aliphatic carbocycles. The first-order valence-electron chi connectivity index (χ1n) is 6.23. The molecule has 1 aromatic heterocycles. The summed E-state index contributed by atoms with van der Waals surface area (Å²) in [5, 5.41) is 3.69. The molecule has 1 heterocycles. The van der Waals surface area contributed by atoms with Gasteiger partial charge in [-0.05, 0) is 51.7 Å². The third kappa shape index (κ3) is 3.91. The van der Waals surface area contributed by atoms with Crippen LogP contribution in [0.3, 0.4) is 0 Å². The van der Waals surface area contributed by atoms with E-state index in [-0.39, 0.29) is 0 Å². The minimum atomic E-state index is 0.471. The van der Waals surface area contributed by atoms with Crippen LogP contribution in [0.4, 0.5) is 0 Å². The molecule has 2 heteroatoms. The molecule has 0 spiro atoms. The van der Waals surface area contributed by atoms with E-state index in [1.165, 1.54) is 21.7 Å². The van der Waals surface area contributed by atoms with Gasteiger partial charge in [-0.15, -0.1) is 11.3 Å². The summed E-state index contributed by atoms with van der Waals surface area (Å²) in [4.78, 5) is 2.87. The Hall–Kier alpha value is -0.340. The average Bonchev–Trinajstić information content (AvgIpc) is 2.43. The highest BCUT2D eigenvalue weighted by Crippen LogP contribution is 2.26. The fourth-order valence-corrected chi connectivity index (χ4v) is 3.39. The fourth-order valence-electron chi connectivity index (χ4n) is 2.37. The van der Waals surface area contributed by atoms with Crippen molar-refractivity contribution in [2.75, 3.05) is 0 Å². The maximum absolute atomic E-state index is 3.69. The average molecular weight is 239 g/mol. The third-order valence-corrected chi connectivity index (χ3v) is 3.89. The van der Waals surface area contributed by atoms with Crippen LogP contribution in [0.1, 0.15) is 55.5 Å². The van der Waals surface area contributed by atoms with Crippen molar-refractivity contribution in [2.24, 2.45) is 5.92 Å². The van der Waals surface area contributed by atoms with Gasteiger partial charge in [0.1, 0.15) is 0 Å². The number of nitrogens with one attached hydrogen (secondary N) is 1. The minimum Gasteiger partial charge on any atom is -0.308 e. The molecule has 16 heavy (non-hydrogen) atoms. The van der Waals surface area contributed by atoms with Crippen LogP contribution in [0.5, 0.6) is 0 Å². The van der Waals surface area contributed by atoms with Crippen molar-refractivity contribution in [3.8, 4) is 0 Å². The maximum atomic E-state index is 3.69. The van der Waals surface area contributed by atoms with Crippen molar-refractivity contribution >= 4 is 11.3 Å². The Morgan fingerprint density at radius 1 is 1.19 bits per heavy atom. The minimum absolute atomic E-state index is 0.471. The van der Waals surface area contributed by atoms with Gasteiger partial charge in [-0.2, -0.15) is 0 Å². The predicted octanol–water partition coefficient (Wildman–Crippen LogP) is 4.45. The molecule has 0 saturated carbocycles. The summed E-state index contributed by atoms with van der Waals surface area (Å²) < 4.78 is 0. The fraction of sp³-hybridized carbons (Fsp3) is 0.714. The SMILES string of the molecule is Cc1cc(C(C)NC(C)CC(C)C)c(C)s1. The Morgan fingerprint density at radius 3 is 2.25 bits per heavy atom. The smallest absolute Gasteiger partial charge is 0.0305 e. The van der Waals surface area contributed by atoms with Gasteiger partial charge < -0.3 is 5.32 Å². The van der Waals surface area contributed by atoms with E-state index in [4.69, 9.17) is 0 Å². The van der Waals surface area contributed by atoms with E-state index >= 15 is 0 Å². The lowest BCUT2D eigenvalue weighted by Crippen LogP contribution is -2.30. The summed E-state index contributed by atoms with van der Waals surface area (Å²) in [5.41, 5.74) is 1.47. The standard InChI is InChI=1S/C14H25NS/c1-9(2)7-10(3)15-12(5)14-8-11(4)16-13(14)6/h8-10,12,15H,7H2,1-6H3. The van der Waals surface area contributed by atoms with Crippen LogP contribution >= 0.6 is 11.3 Å². The molecule has 0 aliphatic rings. The highest BCUT2D eigenvalue weighted by molar-refractivity contribution is 7.12. The van der Waals surface area contributed by atoms with Crippen molar-refractivity contribution < 1.29 is 0 Å². The second-order valence-corrected chi connectivity index (χ2v) is 6.75. The first-order chi connectivity index (χ1) is 7.40. The van der Waals surface area contributed by atoms with Crippen LogP contribution in [-0.2, 0) is 0 Å². The van der Waals surface area contributed by atoms with Crippen molar-refractivity contribution in [1.29, 1.82) is 0 Å². The van der Waals surface area contributed by atoms with Gasteiger partial charge in [-0.3, -0.25) is 0 Å². The molecule has 2 atom stereocenters. The first kappa shape index (κ1) is 13.7. The Kier molecular flexibility index (Phi) is 5.00. The van der Waals surface area contributed by atoms with E-state index in [2.05, 4.69) is 52.9 Å². The topological polar surface area (TPSA) is 12.0 Å². The second-order valence-electron chi connectivity index (χ2n) is 5.29. The molecule has 0 radical (unpaired) electrons. The van der Waals surface area contributed by atoms with Gasteiger partial charge in [0.15, 0.2) is 0 Å². The lowest BCUT2D eigenvalue weighted by atomic mass is 10.0. The lowest BCUT2D eigenvalue weighted by Gasteiger charge is -2.21. The molecule has 1 N–H and O–H groups in total. The zero-order valence-electron chi connectivity index (χ0n) is 11.4. The Bertz CT molecular complexity index is 327. The Morgan fingerprint density at radius 2 is 1.81 bits per heavy atom. The molecule has 0 amide bonds. The summed E-state index contributed by atoms with van der Waals surface area (Å²) in [6, 6.07) is 3.38. The van der Waals surface area contributed by atoms with Crippen molar-refractivity contribution in [3.63, 3.8) is 0 Å². The summed E-state index contributed by atoms with van der Waals surface area (Å²) in [5.74, 6) is 0.764. The normalized spacial score (nSPS) is 15.4. The molecule has 1 nitrogen and oxygen atoms in total. The van der Waals surface area contributed by atoms with Crippen LogP contribution in [0.15, 0.2) is 6.07 Å². The molecule has 0 fully saturated rings. The van der Waals surface area contributed by atoms with E-state index in [0.29, 0.717) is 12.1 Å². The van der Waals surface area contributed by atoms with Gasteiger partial charge >= 0.3 is 0 Å². The van der Waals surface area contributed by atoms with Crippen LogP contribution in [0.2, 0.25) is 0 Å². The second kappa shape index (κ2) is 5.83. The van der Waals surface area contributed by atoms with Gasteiger partial charge in [0.05, 0.1) is 0 Å². The number of thiophene rings is 1. The van der Waals surface area contributed by atoms with E-state index in [1.54, 1.807) is 0 Å². The van der Waals surface area contributed by atoms with Crippen molar-refractivity contribution in [1.82, 2.24) is 5.32 Å². The van der Waals surface area contributed by atoms with E-state index in [0.717, 1.165) is 5.92 Å². The summed E-state index contributed by atoms with van der Waals surface area (Å²) in [6.45, 7) is 13.5. The monoisotopic (exact) mass is 239 g/mol. The molecule has 1 rings (SSSR count). The summed E-state index contributed by atoms with van der Waals surface area (Å²) in [6.07, 6.45) is 1.24. The molecule has 0 aliphatic heterocycles. The third-order valence-electron chi connectivity index (χ3n) is 2.91.